The molecule has 4 unspecified atom stereocenters. The van der Waals surface area contributed by atoms with E-state index in [1.807, 2.05) is 6.07 Å². The summed E-state index contributed by atoms with van der Waals surface area (Å²) < 4.78 is 16.3. The summed E-state index contributed by atoms with van der Waals surface area (Å²) in [7, 11) is 0. The lowest BCUT2D eigenvalue weighted by Crippen LogP contribution is -2.41. The zero-order chi connectivity index (χ0) is 21.5. The number of carbonyl (C=O) groups is 3. The van der Waals surface area contributed by atoms with Gasteiger partial charge in [0, 0.05) is 6.54 Å². The molecule has 3 aliphatic heterocycles. The number of aliphatic carboxylic acids is 1. The maximum absolute atomic E-state index is 12.9. The highest BCUT2D eigenvalue weighted by atomic mass is 32.1. The van der Waals surface area contributed by atoms with Crippen molar-refractivity contribution in [1.29, 1.82) is 0 Å². The van der Waals surface area contributed by atoms with Crippen LogP contribution in [0.25, 0.3) is 0 Å². The van der Waals surface area contributed by atoms with Gasteiger partial charge in [-0.05, 0) is 42.0 Å². The maximum Gasteiger partial charge on any atom is 0.310 e. The molecule has 2 saturated heterocycles. The summed E-state index contributed by atoms with van der Waals surface area (Å²) in [4.78, 5) is 37.2. The Morgan fingerprint density at radius 3 is 2.65 bits per heavy atom. The predicted octanol–water partition coefficient (Wildman–Crippen LogP) is 2.22. The molecule has 4 atom stereocenters. The van der Waals surface area contributed by atoms with Crippen LogP contribution in [0.5, 0.6) is 11.5 Å². The van der Waals surface area contributed by atoms with Crippen LogP contribution in [-0.2, 0) is 20.9 Å². The van der Waals surface area contributed by atoms with E-state index in [-0.39, 0.29) is 19.2 Å². The minimum Gasteiger partial charge on any atom is -0.481 e. The van der Waals surface area contributed by atoms with Gasteiger partial charge in [0.1, 0.15) is 5.00 Å². The summed E-state index contributed by atoms with van der Waals surface area (Å²) in [5.74, 6) is -2.11. The second-order valence-electron chi connectivity index (χ2n) is 7.70. The Balaban J connectivity index is 1.24. The molecule has 0 aliphatic carbocycles. The number of rotatable bonds is 6. The number of fused-ring (bicyclic) bond motifs is 3. The molecule has 162 valence electrons. The first-order valence-electron chi connectivity index (χ1n) is 9.94. The van der Waals surface area contributed by atoms with Gasteiger partial charge in [0.2, 0.25) is 12.7 Å². The van der Waals surface area contributed by atoms with Gasteiger partial charge in [-0.3, -0.25) is 14.4 Å². The van der Waals surface area contributed by atoms with Gasteiger partial charge in [-0.25, -0.2) is 0 Å². The summed E-state index contributed by atoms with van der Waals surface area (Å²) >= 11 is 1.22. The van der Waals surface area contributed by atoms with Gasteiger partial charge in [0.05, 0.1) is 29.6 Å². The predicted molar refractivity (Wildman–Crippen MR) is 109 cm³/mol. The van der Waals surface area contributed by atoms with E-state index >= 15 is 0 Å². The highest BCUT2D eigenvalue weighted by Gasteiger charge is 2.55. The van der Waals surface area contributed by atoms with E-state index in [0.29, 0.717) is 34.9 Å². The number of thiophene rings is 1. The van der Waals surface area contributed by atoms with Gasteiger partial charge in [0.25, 0.3) is 5.91 Å². The average Bonchev–Trinajstić information content (AvgIpc) is 3.54. The van der Waals surface area contributed by atoms with Crippen LogP contribution < -0.4 is 20.1 Å². The standard InChI is InChI=1S/C21H20N2O7S/c24-18(22-8-10-1-2-12-15(7-10)29-9-28-12)11-5-6-31-20(11)23-19(25)16-13-3-4-14(30-13)17(16)21(26)27/h1-2,5-7,13-14,16-17H,3-4,8-9H2,(H,22,24)(H,23,25)(H,26,27). The van der Waals surface area contributed by atoms with Crippen molar-refractivity contribution in [3.05, 3.63) is 40.8 Å². The van der Waals surface area contributed by atoms with Crippen LogP contribution in [0.1, 0.15) is 28.8 Å². The molecule has 1 aromatic carbocycles. The zero-order valence-electron chi connectivity index (χ0n) is 16.3. The summed E-state index contributed by atoms with van der Waals surface area (Å²) in [6.07, 6.45) is 0.498. The van der Waals surface area contributed by atoms with Crippen molar-refractivity contribution < 1.29 is 33.7 Å². The molecule has 2 aromatic rings. The lowest BCUT2D eigenvalue weighted by molar-refractivity contribution is -0.147. The number of hydrogen-bond acceptors (Lipinski definition) is 7. The van der Waals surface area contributed by atoms with Crippen molar-refractivity contribution >= 4 is 34.1 Å². The Hall–Kier alpha value is -3.11. The summed E-state index contributed by atoms with van der Waals surface area (Å²) in [6.45, 7) is 0.458. The molecule has 31 heavy (non-hydrogen) atoms. The van der Waals surface area contributed by atoms with Crippen molar-refractivity contribution in [2.45, 2.75) is 31.6 Å². The van der Waals surface area contributed by atoms with Crippen LogP contribution in [-0.4, -0.2) is 41.9 Å². The third-order valence-electron chi connectivity index (χ3n) is 5.90. The number of benzene rings is 1. The fourth-order valence-corrected chi connectivity index (χ4v) is 5.22. The second-order valence-corrected chi connectivity index (χ2v) is 8.62. The van der Waals surface area contributed by atoms with Gasteiger partial charge >= 0.3 is 5.97 Å². The molecule has 3 N–H and O–H groups in total. The van der Waals surface area contributed by atoms with Gasteiger partial charge in [0.15, 0.2) is 11.5 Å². The third-order valence-corrected chi connectivity index (χ3v) is 6.73. The van der Waals surface area contributed by atoms with E-state index in [2.05, 4.69) is 10.6 Å². The van der Waals surface area contributed by atoms with E-state index in [1.54, 1.807) is 23.6 Å². The first kappa shape index (κ1) is 19.8. The van der Waals surface area contributed by atoms with E-state index in [0.717, 1.165) is 5.56 Å². The van der Waals surface area contributed by atoms with Crippen molar-refractivity contribution in [3.8, 4) is 11.5 Å². The van der Waals surface area contributed by atoms with Crippen LogP contribution in [0.2, 0.25) is 0 Å². The van der Waals surface area contributed by atoms with Crippen LogP contribution in [0.4, 0.5) is 5.00 Å². The van der Waals surface area contributed by atoms with Crippen molar-refractivity contribution in [1.82, 2.24) is 5.32 Å². The minimum absolute atomic E-state index is 0.180. The van der Waals surface area contributed by atoms with E-state index < -0.39 is 35.9 Å². The van der Waals surface area contributed by atoms with Gasteiger partial charge < -0.3 is 30.0 Å². The van der Waals surface area contributed by atoms with Gasteiger partial charge in [-0.1, -0.05) is 6.07 Å². The summed E-state index contributed by atoms with van der Waals surface area (Å²) in [5.41, 5.74) is 1.18. The number of hydrogen-bond donors (Lipinski definition) is 3. The lowest BCUT2D eigenvalue weighted by atomic mass is 9.79. The quantitative estimate of drug-likeness (QED) is 0.624. The van der Waals surface area contributed by atoms with Crippen LogP contribution >= 0.6 is 11.3 Å². The number of carbonyl (C=O) groups excluding carboxylic acids is 2. The Kier molecular flexibility index (Phi) is 5.03. The van der Waals surface area contributed by atoms with Crippen molar-refractivity contribution in [3.63, 3.8) is 0 Å². The first-order valence-corrected chi connectivity index (χ1v) is 10.8. The Morgan fingerprint density at radius 2 is 1.84 bits per heavy atom. The van der Waals surface area contributed by atoms with Crippen LogP contribution in [0.3, 0.4) is 0 Å². The molecule has 2 amide bonds. The highest BCUT2D eigenvalue weighted by Crippen LogP contribution is 2.44. The smallest absolute Gasteiger partial charge is 0.310 e. The van der Waals surface area contributed by atoms with Gasteiger partial charge in [-0.2, -0.15) is 0 Å². The summed E-state index contributed by atoms with van der Waals surface area (Å²) in [6, 6.07) is 7.06. The Labute approximate surface area is 181 Å². The fraction of sp³-hybridized carbons (Fsp3) is 0.381. The summed E-state index contributed by atoms with van der Waals surface area (Å²) in [5, 5.41) is 17.2. The molecule has 10 heteroatoms. The monoisotopic (exact) mass is 444 g/mol. The average molecular weight is 444 g/mol. The third kappa shape index (κ3) is 3.61. The molecule has 2 fully saturated rings. The van der Waals surface area contributed by atoms with Crippen LogP contribution in [0.15, 0.2) is 29.6 Å². The second kappa shape index (κ2) is 7.86. The Morgan fingerprint density at radius 1 is 1.06 bits per heavy atom. The fourth-order valence-electron chi connectivity index (χ4n) is 4.43. The van der Waals surface area contributed by atoms with Gasteiger partial charge in [-0.15, -0.1) is 11.3 Å². The van der Waals surface area contributed by atoms with Crippen molar-refractivity contribution in [2.24, 2.45) is 11.8 Å². The molecule has 4 heterocycles. The molecular weight excluding hydrogens is 424 g/mol. The number of carboxylic acid groups (broad SMARTS) is 1. The number of ether oxygens (including phenoxy) is 3. The molecule has 9 nitrogen and oxygen atoms in total. The molecule has 0 spiro atoms. The molecule has 0 saturated carbocycles. The molecular formula is C21H20N2O7S. The molecule has 5 rings (SSSR count). The molecule has 2 bridgehead atoms. The van der Waals surface area contributed by atoms with Crippen molar-refractivity contribution in [2.75, 3.05) is 12.1 Å². The largest absolute Gasteiger partial charge is 0.481 e. The van der Waals surface area contributed by atoms with E-state index in [4.69, 9.17) is 14.2 Å². The zero-order valence-corrected chi connectivity index (χ0v) is 17.1. The molecule has 0 radical (unpaired) electrons. The number of nitrogens with one attached hydrogen (secondary N) is 2. The normalized spacial score (nSPS) is 25.4. The number of amides is 2. The minimum atomic E-state index is -1.03. The maximum atomic E-state index is 12.9. The van der Waals surface area contributed by atoms with E-state index in [1.165, 1.54) is 11.3 Å². The first-order chi connectivity index (χ1) is 15.0. The topological polar surface area (TPSA) is 123 Å². The molecule has 1 aromatic heterocycles. The Bertz CT molecular complexity index is 1050. The SMILES string of the molecule is O=C(NCc1ccc2c(c1)OCO2)c1ccsc1NC(=O)C1C2CCC(O2)C1C(=O)O. The number of carboxylic acids is 1. The van der Waals surface area contributed by atoms with E-state index in [9.17, 15) is 19.5 Å². The lowest BCUT2D eigenvalue weighted by Gasteiger charge is -2.23. The highest BCUT2D eigenvalue weighted by molar-refractivity contribution is 7.14. The van der Waals surface area contributed by atoms with Crippen LogP contribution in [0, 0.1) is 11.8 Å². The number of anilines is 1. The molecule has 3 aliphatic rings.